The van der Waals surface area contributed by atoms with E-state index in [1.54, 1.807) is 24.3 Å². The van der Waals surface area contributed by atoms with Crippen LogP contribution in [0, 0.1) is 0 Å². The van der Waals surface area contributed by atoms with Gasteiger partial charge < -0.3 is 10.6 Å². The summed E-state index contributed by atoms with van der Waals surface area (Å²) in [5.74, 6) is 5.02. The van der Waals surface area contributed by atoms with Gasteiger partial charge in [-0.2, -0.15) is 0 Å². The smallest absolute Gasteiger partial charge is 0.333 e. The number of nitrogens with two attached hydrogens (primary N) is 1. The highest BCUT2D eigenvalue weighted by atomic mass is 79.9. The third-order valence-corrected chi connectivity index (χ3v) is 5.20. The Kier molecular flexibility index (Phi) is 7.46. The summed E-state index contributed by atoms with van der Waals surface area (Å²) >= 11 is 9.19. The Morgan fingerprint density at radius 3 is 2.43 bits per heavy atom. The first-order valence-electron chi connectivity index (χ1n) is 9.13. The summed E-state index contributed by atoms with van der Waals surface area (Å²) < 4.78 is 0.959. The third kappa shape index (κ3) is 5.82. The highest BCUT2D eigenvalue weighted by Gasteiger charge is 2.25. The molecule has 0 saturated carbocycles. The number of hydrazine groups is 1. The van der Waals surface area contributed by atoms with Crippen molar-refractivity contribution in [1.29, 1.82) is 0 Å². The van der Waals surface area contributed by atoms with Gasteiger partial charge in [0.1, 0.15) is 0 Å². The molecule has 1 aliphatic heterocycles. The largest absolute Gasteiger partial charge is 0.377 e. The number of rotatable bonds is 2. The number of anilines is 2. The first kappa shape index (κ1) is 21.8. The van der Waals surface area contributed by atoms with Crippen LogP contribution in [0.25, 0.3) is 0 Å². The Morgan fingerprint density at radius 1 is 1.07 bits per heavy atom. The van der Waals surface area contributed by atoms with E-state index in [4.69, 9.17) is 17.4 Å². The molecule has 5 N–H and O–H groups in total. The van der Waals surface area contributed by atoms with Crippen LogP contribution in [0.4, 0.5) is 16.2 Å². The quantitative estimate of drug-likeness (QED) is 0.217. The zero-order valence-electron chi connectivity index (χ0n) is 15.9. The van der Waals surface area contributed by atoms with Crippen molar-refractivity contribution >= 4 is 50.7 Å². The lowest BCUT2D eigenvalue weighted by molar-refractivity contribution is 0.0972. The molecule has 0 aliphatic carbocycles. The minimum atomic E-state index is -0.433. The number of hydrogen-bond donors (Lipinski definition) is 4. The predicted octanol–water partition coefficient (Wildman–Crippen LogP) is 5.52. The summed E-state index contributed by atoms with van der Waals surface area (Å²) in [6, 6.07) is 22.2. The fourth-order valence-corrected chi connectivity index (χ4v) is 3.43. The lowest BCUT2D eigenvalue weighted by Crippen LogP contribution is -2.34. The van der Waals surface area contributed by atoms with E-state index in [-0.39, 0.29) is 11.8 Å². The van der Waals surface area contributed by atoms with Gasteiger partial charge in [-0.1, -0.05) is 57.9 Å². The highest BCUT2D eigenvalue weighted by Crippen LogP contribution is 2.33. The van der Waals surface area contributed by atoms with Crippen LogP contribution in [0.5, 0.6) is 0 Å². The lowest BCUT2D eigenvalue weighted by Gasteiger charge is -2.26. The summed E-state index contributed by atoms with van der Waals surface area (Å²) in [7, 11) is 0. The number of fused-ring (bicyclic) bond motifs is 1. The molecule has 1 heterocycles. The number of ketones is 1. The maximum Gasteiger partial charge on any atom is 0.333 e. The Morgan fingerprint density at radius 2 is 1.77 bits per heavy atom. The van der Waals surface area contributed by atoms with Crippen LogP contribution >= 0.6 is 27.5 Å². The highest BCUT2D eigenvalue weighted by molar-refractivity contribution is 9.10. The van der Waals surface area contributed by atoms with Crippen molar-refractivity contribution in [2.24, 2.45) is 5.84 Å². The SMILES string of the molecule is NNC(=O)Nc1ccc(Br)cc1.O=C1CC(c2ccccc2)Nc2ccc(Cl)cc21. The molecular formula is C22H20BrClN4O2. The summed E-state index contributed by atoms with van der Waals surface area (Å²) in [5, 5.41) is 6.51. The minimum absolute atomic E-state index is 0.0485. The second-order valence-electron chi connectivity index (χ2n) is 6.53. The van der Waals surface area contributed by atoms with Crippen molar-refractivity contribution in [1.82, 2.24) is 5.43 Å². The van der Waals surface area contributed by atoms with Crippen molar-refractivity contribution in [2.45, 2.75) is 12.5 Å². The number of benzene rings is 3. The number of amides is 2. The van der Waals surface area contributed by atoms with Gasteiger partial charge in [-0.3, -0.25) is 10.2 Å². The van der Waals surface area contributed by atoms with Crippen molar-refractivity contribution in [3.8, 4) is 0 Å². The van der Waals surface area contributed by atoms with E-state index in [0.29, 0.717) is 22.7 Å². The van der Waals surface area contributed by atoms with Gasteiger partial charge in [-0.05, 0) is 48.0 Å². The molecule has 154 valence electrons. The van der Waals surface area contributed by atoms with E-state index in [1.807, 2.05) is 54.0 Å². The number of urea groups is 1. The molecule has 8 heteroatoms. The Hall–Kier alpha value is -2.87. The van der Waals surface area contributed by atoms with E-state index < -0.39 is 6.03 Å². The molecule has 0 bridgehead atoms. The van der Waals surface area contributed by atoms with Gasteiger partial charge in [0.15, 0.2) is 5.78 Å². The van der Waals surface area contributed by atoms with Crippen LogP contribution in [0.1, 0.15) is 28.4 Å². The summed E-state index contributed by atoms with van der Waals surface area (Å²) in [6.45, 7) is 0. The van der Waals surface area contributed by atoms with Crippen LogP contribution in [0.2, 0.25) is 5.02 Å². The van der Waals surface area contributed by atoms with E-state index in [2.05, 4.69) is 26.6 Å². The molecule has 4 rings (SSSR count). The normalized spacial score (nSPS) is 14.5. The van der Waals surface area contributed by atoms with Crippen LogP contribution in [-0.2, 0) is 0 Å². The van der Waals surface area contributed by atoms with Gasteiger partial charge in [-0.25, -0.2) is 10.6 Å². The zero-order valence-corrected chi connectivity index (χ0v) is 18.2. The van der Waals surface area contributed by atoms with Crippen molar-refractivity contribution in [3.63, 3.8) is 0 Å². The maximum absolute atomic E-state index is 12.1. The average molecular weight is 488 g/mol. The van der Waals surface area contributed by atoms with Crippen molar-refractivity contribution < 1.29 is 9.59 Å². The second-order valence-corrected chi connectivity index (χ2v) is 7.88. The van der Waals surface area contributed by atoms with Gasteiger partial charge >= 0.3 is 6.03 Å². The Labute approximate surface area is 187 Å². The number of carbonyl (C=O) groups excluding carboxylic acids is 2. The van der Waals surface area contributed by atoms with Crippen LogP contribution in [0.15, 0.2) is 77.3 Å². The van der Waals surface area contributed by atoms with Gasteiger partial charge in [0, 0.05) is 32.9 Å². The first-order chi connectivity index (χ1) is 14.5. The first-order valence-corrected chi connectivity index (χ1v) is 10.3. The molecular weight excluding hydrogens is 468 g/mol. The summed E-state index contributed by atoms with van der Waals surface area (Å²) in [5.41, 5.74) is 5.35. The number of hydrogen-bond acceptors (Lipinski definition) is 4. The second kappa shape index (κ2) is 10.2. The number of Topliss-reactive ketones (excluding diaryl/α,β-unsaturated/α-hetero) is 1. The average Bonchev–Trinajstić information content (AvgIpc) is 2.76. The molecule has 1 aliphatic rings. The lowest BCUT2D eigenvalue weighted by atomic mass is 9.92. The van der Waals surface area contributed by atoms with Crippen LogP contribution < -0.4 is 21.9 Å². The molecule has 0 radical (unpaired) electrons. The minimum Gasteiger partial charge on any atom is -0.377 e. The van der Waals surface area contributed by atoms with E-state index in [9.17, 15) is 9.59 Å². The van der Waals surface area contributed by atoms with Crippen LogP contribution in [-0.4, -0.2) is 11.8 Å². The molecule has 0 aromatic heterocycles. The van der Waals surface area contributed by atoms with Gasteiger partial charge in [0.05, 0.1) is 6.04 Å². The number of carbonyl (C=O) groups is 2. The molecule has 6 nitrogen and oxygen atoms in total. The number of halogens is 2. The molecule has 1 unspecified atom stereocenters. The Bertz CT molecular complexity index is 1030. The molecule has 0 spiro atoms. The van der Waals surface area contributed by atoms with Gasteiger partial charge in [-0.15, -0.1) is 0 Å². The maximum atomic E-state index is 12.1. The molecule has 0 saturated heterocycles. The zero-order chi connectivity index (χ0) is 21.5. The van der Waals surface area contributed by atoms with Crippen LogP contribution in [0.3, 0.4) is 0 Å². The number of nitrogens with one attached hydrogen (secondary N) is 3. The standard InChI is InChI=1S/C15H12ClNO.C7H8BrN3O/c16-11-6-7-13-12(8-11)15(18)9-14(17-13)10-4-2-1-3-5-10;8-5-1-3-6(4-2-5)10-7(12)11-9/h1-8,14,17H,9H2;1-4H,9H2,(H2,10,11,12). The summed E-state index contributed by atoms with van der Waals surface area (Å²) in [6.07, 6.45) is 0.470. The van der Waals surface area contributed by atoms with Gasteiger partial charge in [0.25, 0.3) is 0 Å². The van der Waals surface area contributed by atoms with Crippen molar-refractivity contribution in [2.75, 3.05) is 10.6 Å². The topological polar surface area (TPSA) is 96.2 Å². The monoisotopic (exact) mass is 486 g/mol. The van der Waals surface area contributed by atoms with E-state index in [0.717, 1.165) is 15.7 Å². The molecule has 3 aromatic rings. The molecule has 30 heavy (non-hydrogen) atoms. The molecule has 1 atom stereocenters. The molecule has 3 aromatic carbocycles. The Balaban J connectivity index is 0.000000187. The molecule has 2 amide bonds. The van der Waals surface area contributed by atoms with Crippen molar-refractivity contribution in [3.05, 3.63) is 93.4 Å². The fraction of sp³-hybridized carbons (Fsp3) is 0.0909. The predicted molar refractivity (Wildman–Crippen MR) is 124 cm³/mol. The molecule has 0 fully saturated rings. The van der Waals surface area contributed by atoms with E-state index >= 15 is 0 Å². The summed E-state index contributed by atoms with van der Waals surface area (Å²) in [4.78, 5) is 22.8. The van der Waals surface area contributed by atoms with Gasteiger partial charge in [0.2, 0.25) is 0 Å². The van der Waals surface area contributed by atoms with E-state index in [1.165, 1.54) is 0 Å². The fourth-order valence-electron chi connectivity index (χ4n) is 2.99. The third-order valence-electron chi connectivity index (χ3n) is 4.44.